The Morgan fingerprint density at radius 3 is 2.30 bits per heavy atom. The van der Waals surface area contributed by atoms with E-state index in [1.807, 2.05) is 0 Å². The van der Waals surface area contributed by atoms with E-state index in [4.69, 9.17) is 9.94 Å². The molecular weight excluding hydrogens is 258 g/mol. The first-order valence-electron chi connectivity index (χ1n) is 5.98. The molecule has 2 aromatic rings. The molecule has 0 saturated heterocycles. The van der Waals surface area contributed by atoms with Crippen LogP contribution in [0.2, 0.25) is 0 Å². The second-order valence-corrected chi connectivity index (χ2v) is 4.11. The van der Waals surface area contributed by atoms with E-state index >= 15 is 0 Å². The van der Waals surface area contributed by atoms with E-state index < -0.39 is 11.9 Å². The molecule has 0 fully saturated rings. The Balaban J connectivity index is 1.83. The van der Waals surface area contributed by atoms with Gasteiger partial charge in [-0.15, -0.1) is 0 Å². The Bertz CT molecular complexity index is 593. The molecule has 1 amide bonds. The number of phenolic OH excluding ortho intramolecular Hbond substituents is 1. The molecule has 0 aliphatic heterocycles. The molecule has 0 heterocycles. The smallest absolute Gasteiger partial charge is 0.336 e. The highest BCUT2D eigenvalue weighted by atomic mass is 16.7. The fourth-order valence-corrected chi connectivity index (χ4v) is 1.57. The predicted octanol–water partition coefficient (Wildman–Crippen LogP) is 1.82. The number of carbonyl (C=O) groups excluding carboxylic acids is 2. The summed E-state index contributed by atoms with van der Waals surface area (Å²) < 4.78 is 0. The van der Waals surface area contributed by atoms with Gasteiger partial charge in [-0.1, -0.05) is 30.3 Å². The maximum absolute atomic E-state index is 11.6. The van der Waals surface area contributed by atoms with Crippen molar-refractivity contribution < 1.29 is 19.5 Å². The topological polar surface area (TPSA) is 75.6 Å². The van der Waals surface area contributed by atoms with Crippen molar-refractivity contribution in [2.75, 3.05) is 0 Å². The minimum Gasteiger partial charge on any atom is -0.508 e. The quantitative estimate of drug-likeness (QED) is 0.835. The number of benzene rings is 2. The SMILES string of the molecule is O=C(Cc1ccc(O)cc1)ONC(=O)c1ccccc1. The second-order valence-electron chi connectivity index (χ2n) is 4.11. The Morgan fingerprint density at radius 2 is 1.65 bits per heavy atom. The van der Waals surface area contributed by atoms with Crippen molar-refractivity contribution in [1.82, 2.24) is 5.48 Å². The number of phenols is 1. The van der Waals surface area contributed by atoms with E-state index in [1.54, 1.807) is 42.5 Å². The highest BCUT2D eigenvalue weighted by Gasteiger charge is 2.09. The number of aromatic hydroxyl groups is 1. The highest BCUT2D eigenvalue weighted by Crippen LogP contribution is 2.10. The van der Waals surface area contributed by atoms with E-state index in [-0.39, 0.29) is 12.2 Å². The molecule has 0 unspecified atom stereocenters. The minimum atomic E-state index is -0.583. The molecular formula is C15H13NO4. The molecule has 0 bridgehead atoms. The lowest BCUT2D eigenvalue weighted by atomic mass is 10.1. The molecule has 5 nitrogen and oxygen atoms in total. The monoisotopic (exact) mass is 271 g/mol. The average molecular weight is 271 g/mol. The zero-order chi connectivity index (χ0) is 14.4. The van der Waals surface area contributed by atoms with E-state index in [1.165, 1.54) is 12.1 Å². The number of rotatable bonds is 3. The third kappa shape index (κ3) is 3.84. The molecule has 20 heavy (non-hydrogen) atoms. The number of hydrogen-bond acceptors (Lipinski definition) is 4. The maximum Gasteiger partial charge on any atom is 0.336 e. The lowest BCUT2D eigenvalue weighted by Crippen LogP contribution is -2.27. The first-order valence-corrected chi connectivity index (χ1v) is 5.98. The fraction of sp³-hybridized carbons (Fsp3) is 0.0667. The first-order chi connectivity index (χ1) is 9.65. The van der Waals surface area contributed by atoms with Crippen LogP contribution in [0.4, 0.5) is 0 Å². The molecule has 0 saturated carbocycles. The van der Waals surface area contributed by atoms with Crippen LogP contribution >= 0.6 is 0 Å². The normalized spacial score (nSPS) is 9.80. The molecule has 0 aliphatic rings. The number of hydrogen-bond donors (Lipinski definition) is 2. The van der Waals surface area contributed by atoms with Crippen molar-refractivity contribution in [3.05, 3.63) is 65.7 Å². The van der Waals surface area contributed by atoms with Crippen LogP contribution in [-0.4, -0.2) is 17.0 Å². The molecule has 0 aromatic heterocycles. The summed E-state index contributed by atoms with van der Waals surface area (Å²) in [6.45, 7) is 0. The summed E-state index contributed by atoms with van der Waals surface area (Å²) in [5.41, 5.74) is 3.18. The van der Waals surface area contributed by atoms with Crippen LogP contribution in [-0.2, 0) is 16.1 Å². The van der Waals surface area contributed by atoms with E-state index in [2.05, 4.69) is 5.48 Å². The van der Waals surface area contributed by atoms with Gasteiger partial charge in [0.25, 0.3) is 5.91 Å². The predicted molar refractivity (Wildman–Crippen MR) is 71.8 cm³/mol. The van der Waals surface area contributed by atoms with E-state index in [0.29, 0.717) is 11.1 Å². The van der Waals surface area contributed by atoms with Gasteiger partial charge >= 0.3 is 5.97 Å². The lowest BCUT2D eigenvalue weighted by Gasteiger charge is -2.05. The van der Waals surface area contributed by atoms with Gasteiger partial charge in [0.1, 0.15) is 5.75 Å². The van der Waals surface area contributed by atoms with Crippen molar-refractivity contribution in [2.45, 2.75) is 6.42 Å². The summed E-state index contributed by atoms with van der Waals surface area (Å²) in [5, 5.41) is 9.12. The van der Waals surface area contributed by atoms with Crippen molar-refractivity contribution in [3.8, 4) is 5.75 Å². The Kier molecular flexibility index (Phi) is 4.34. The van der Waals surface area contributed by atoms with Gasteiger partial charge in [0.2, 0.25) is 0 Å². The third-order valence-corrected chi connectivity index (χ3v) is 2.58. The lowest BCUT2D eigenvalue weighted by molar-refractivity contribution is -0.148. The van der Waals surface area contributed by atoms with Crippen LogP contribution in [0.3, 0.4) is 0 Å². The number of hydroxylamine groups is 1. The van der Waals surface area contributed by atoms with E-state index in [9.17, 15) is 9.59 Å². The molecule has 0 atom stereocenters. The van der Waals surface area contributed by atoms with Crippen molar-refractivity contribution in [1.29, 1.82) is 0 Å². The van der Waals surface area contributed by atoms with Crippen LogP contribution in [0.25, 0.3) is 0 Å². The molecule has 0 radical (unpaired) electrons. The van der Waals surface area contributed by atoms with Gasteiger partial charge in [-0.25, -0.2) is 4.79 Å². The zero-order valence-corrected chi connectivity index (χ0v) is 10.6. The Labute approximate surface area is 115 Å². The molecule has 0 spiro atoms. The largest absolute Gasteiger partial charge is 0.508 e. The second kappa shape index (κ2) is 6.38. The minimum absolute atomic E-state index is 0.00928. The summed E-state index contributed by atoms with van der Waals surface area (Å²) in [4.78, 5) is 27.8. The number of nitrogens with one attached hydrogen (secondary N) is 1. The summed E-state index contributed by atoms with van der Waals surface area (Å²) in [6, 6.07) is 14.6. The zero-order valence-electron chi connectivity index (χ0n) is 10.6. The molecule has 5 heteroatoms. The molecule has 0 aliphatic carbocycles. The summed E-state index contributed by atoms with van der Waals surface area (Å²) >= 11 is 0. The van der Waals surface area contributed by atoms with Crippen LogP contribution in [0.5, 0.6) is 5.75 Å². The molecule has 102 valence electrons. The van der Waals surface area contributed by atoms with Crippen LogP contribution in [0, 0.1) is 0 Å². The first kappa shape index (κ1) is 13.6. The fourth-order valence-electron chi connectivity index (χ4n) is 1.57. The number of amides is 1. The van der Waals surface area contributed by atoms with Gasteiger partial charge in [0.15, 0.2) is 0 Å². The van der Waals surface area contributed by atoms with Crippen molar-refractivity contribution >= 4 is 11.9 Å². The van der Waals surface area contributed by atoms with Crippen LogP contribution in [0.15, 0.2) is 54.6 Å². The molecule has 2 rings (SSSR count). The van der Waals surface area contributed by atoms with Crippen LogP contribution < -0.4 is 5.48 Å². The molecule has 2 N–H and O–H groups in total. The maximum atomic E-state index is 11.6. The number of carbonyl (C=O) groups is 2. The van der Waals surface area contributed by atoms with Crippen LogP contribution in [0.1, 0.15) is 15.9 Å². The summed E-state index contributed by atoms with van der Waals surface area (Å²) in [5.74, 6) is -0.941. The van der Waals surface area contributed by atoms with Gasteiger partial charge in [0, 0.05) is 5.56 Å². The van der Waals surface area contributed by atoms with Gasteiger partial charge in [-0.2, -0.15) is 5.48 Å². The van der Waals surface area contributed by atoms with Gasteiger partial charge in [0.05, 0.1) is 6.42 Å². The standard InChI is InChI=1S/C15H13NO4/c17-13-8-6-11(7-9-13)10-14(18)20-16-15(19)12-4-2-1-3-5-12/h1-9,17H,10H2,(H,16,19). The van der Waals surface area contributed by atoms with Gasteiger partial charge < -0.3 is 9.94 Å². The van der Waals surface area contributed by atoms with Crippen molar-refractivity contribution in [2.24, 2.45) is 0 Å². The Hall–Kier alpha value is -2.82. The molecule has 2 aromatic carbocycles. The highest BCUT2D eigenvalue weighted by molar-refractivity contribution is 5.94. The summed E-state index contributed by atoms with van der Waals surface area (Å²) in [7, 11) is 0. The average Bonchev–Trinajstić information content (AvgIpc) is 2.48. The van der Waals surface area contributed by atoms with E-state index in [0.717, 1.165) is 0 Å². The Morgan fingerprint density at radius 1 is 1.00 bits per heavy atom. The third-order valence-electron chi connectivity index (χ3n) is 2.58. The van der Waals surface area contributed by atoms with Crippen molar-refractivity contribution in [3.63, 3.8) is 0 Å². The summed E-state index contributed by atoms with van der Waals surface area (Å²) in [6.07, 6.45) is 0.00928. The van der Waals surface area contributed by atoms with Gasteiger partial charge in [-0.05, 0) is 29.8 Å². The van der Waals surface area contributed by atoms with Gasteiger partial charge in [-0.3, -0.25) is 4.79 Å².